The fourth-order valence-electron chi connectivity index (χ4n) is 1.51. The molecule has 1 aromatic carbocycles. The van der Waals surface area contributed by atoms with Crippen LogP contribution in [0, 0.1) is 17.6 Å². The first-order chi connectivity index (χ1) is 8.34. The van der Waals surface area contributed by atoms with Gasteiger partial charge in [0, 0.05) is 13.6 Å². The molecule has 0 heterocycles. The van der Waals surface area contributed by atoms with E-state index in [4.69, 9.17) is 5.73 Å². The van der Waals surface area contributed by atoms with Crippen molar-refractivity contribution in [3.63, 3.8) is 0 Å². The topological polar surface area (TPSA) is 46.3 Å². The Bertz CT molecular complexity index is 447. The van der Waals surface area contributed by atoms with E-state index in [-0.39, 0.29) is 5.69 Å². The van der Waals surface area contributed by atoms with Crippen molar-refractivity contribution in [3.05, 3.63) is 29.3 Å². The van der Waals surface area contributed by atoms with Crippen molar-refractivity contribution in [1.82, 2.24) is 4.90 Å². The Morgan fingerprint density at radius 1 is 1.39 bits per heavy atom. The maximum Gasteiger partial charge on any atom is 0.259 e. The number of nitrogens with two attached hydrogens (primary N) is 1. The number of carbonyl (C=O) groups excluding carboxylic acids is 1. The molecule has 0 aliphatic rings. The minimum Gasteiger partial charge on any atom is -0.396 e. The van der Waals surface area contributed by atoms with E-state index >= 15 is 0 Å². The Morgan fingerprint density at radius 2 is 2.00 bits per heavy atom. The molecule has 5 heteroatoms. The van der Waals surface area contributed by atoms with Crippen LogP contribution in [0.3, 0.4) is 0 Å². The van der Waals surface area contributed by atoms with Gasteiger partial charge in [-0.2, -0.15) is 0 Å². The molecule has 0 saturated heterocycles. The fourth-order valence-corrected chi connectivity index (χ4v) is 1.51. The van der Waals surface area contributed by atoms with E-state index in [1.807, 2.05) is 13.8 Å². The van der Waals surface area contributed by atoms with Gasteiger partial charge in [0.05, 0.1) is 5.69 Å². The second-order valence-corrected chi connectivity index (χ2v) is 4.73. The smallest absolute Gasteiger partial charge is 0.259 e. The summed E-state index contributed by atoms with van der Waals surface area (Å²) in [6.45, 7) is 4.48. The van der Waals surface area contributed by atoms with Crippen molar-refractivity contribution in [3.8, 4) is 0 Å². The maximum absolute atomic E-state index is 13.7. The zero-order valence-electron chi connectivity index (χ0n) is 10.8. The monoisotopic (exact) mass is 256 g/mol. The lowest BCUT2D eigenvalue weighted by Gasteiger charge is -2.19. The fraction of sp³-hybridized carbons (Fsp3) is 0.462. The molecule has 3 nitrogen and oxygen atoms in total. The minimum atomic E-state index is -0.989. The zero-order valence-corrected chi connectivity index (χ0v) is 10.8. The number of amides is 1. The van der Waals surface area contributed by atoms with Gasteiger partial charge >= 0.3 is 0 Å². The molecule has 1 rings (SSSR count). The van der Waals surface area contributed by atoms with Crippen LogP contribution in [0.25, 0.3) is 0 Å². The second kappa shape index (κ2) is 5.80. The number of hydrogen-bond acceptors (Lipinski definition) is 2. The molecule has 18 heavy (non-hydrogen) atoms. The highest BCUT2D eigenvalue weighted by Gasteiger charge is 2.22. The van der Waals surface area contributed by atoms with Crippen molar-refractivity contribution >= 4 is 11.6 Å². The van der Waals surface area contributed by atoms with E-state index in [1.54, 1.807) is 0 Å². The number of carbonyl (C=O) groups is 1. The standard InChI is InChI=1S/C13H18F2N2O/c1-8(2)6-7-17(3)13(18)11-9(14)4-5-10(16)12(11)15/h4-5,8H,6-7,16H2,1-3H3. The highest BCUT2D eigenvalue weighted by atomic mass is 19.1. The summed E-state index contributed by atoms with van der Waals surface area (Å²) in [5.41, 5.74) is 4.53. The molecular formula is C13H18F2N2O. The molecule has 2 N–H and O–H groups in total. The van der Waals surface area contributed by atoms with Gasteiger partial charge in [0.2, 0.25) is 0 Å². The summed E-state index contributed by atoms with van der Waals surface area (Å²) in [4.78, 5) is 13.2. The van der Waals surface area contributed by atoms with E-state index in [1.165, 1.54) is 11.9 Å². The lowest BCUT2D eigenvalue weighted by atomic mass is 10.1. The van der Waals surface area contributed by atoms with Crippen LogP contribution < -0.4 is 5.73 Å². The molecule has 100 valence electrons. The Morgan fingerprint density at radius 3 is 2.56 bits per heavy atom. The van der Waals surface area contributed by atoms with Crippen LogP contribution in [-0.2, 0) is 0 Å². The third-order valence-electron chi connectivity index (χ3n) is 2.72. The van der Waals surface area contributed by atoms with Crippen LogP contribution in [0.15, 0.2) is 12.1 Å². The number of benzene rings is 1. The number of rotatable bonds is 4. The SMILES string of the molecule is CC(C)CCN(C)C(=O)c1c(F)ccc(N)c1F. The molecule has 0 unspecified atom stereocenters. The van der Waals surface area contributed by atoms with E-state index in [0.29, 0.717) is 12.5 Å². The summed E-state index contributed by atoms with van der Waals surface area (Å²) in [5, 5.41) is 0. The lowest BCUT2D eigenvalue weighted by molar-refractivity contribution is 0.0779. The van der Waals surface area contributed by atoms with Gasteiger partial charge in [-0.05, 0) is 24.5 Å². The molecule has 0 aliphatic carbocycles. The van der Waals surface area contributed by atoms with Gasteiger partial charge in [0.15, 0.2) is 5.82 Å². The van der Waals surface area contributed by atoms with Crippen LogP contribution in [0.2, 0.25) is 0 Å². The van der Waals surface area contributed by atoms with E-state index in [0.717, 1.165) is 18.6 Å². The van der Waals surface area contributed by atoms with E-state index in [9.17, 15) is 13.6 Å². The summed E-state index contributed by atoms with van der Waals surface area (Å²) in [7, 11) is 1.52. The quantitative estimate of drug-likeness (QED) is 0.842. The number of halogens is 2. The highest BCUT2D eigenvalue weighted by Crippen LogP contribution is 2.20. The van der Waals surface area contributed by atoms with Gasteiger partial charge in [0.25, 0.3) is 5.91 Å². The number of hydrogen-bond donors (Lipinski definition) is 1. The van der Waals surface area contributed by atoms with Crippen LogP contribution >= 0.6 is 0 Å². The van der Waals surface area contributed by atoms with Crippen molar-refractivity contribution < 1.29 is 13.6 Å². The molecule has 0 aliphatic heterocycles. The van der Waals surface area contributed by atoms with Crippen molar-refractivity contribution in [2.45, 2.75) is 20.3 Å². The summed E-state index contributed by atoms with van der Waals surface area (Å²) < 4.78 is 27.2. The first-order valence-corrected chi connectivity index (χ1v) is 5.83. The maximum atomic E-state index is 13.7. The summed E-state index contributed by atoms with van der Waals surface area (Å²) >= 11 is 0. The lowest BCUT2D eigenvalue weighted by Crippen LogP contribution is -2.30. The predicted octanol–water partition coefficient (Wildman–Crippen LogP) is 2.67. The molecule has 1 amide bonds. The molecule has 0 aromatic heterocycles. The molecule has 0 atom stereocenters. The Balaban J connectivity index is 2.93. The number of nitrogen functional groups attached to an aromatic ring is 1. The average molecular weight is 256 g/mol. The average Bonchev–Trinajstić information content (AvgIpc) is 2.31. The molecule has 0 spiro atoms. The van der Waals surface area contributed by atoms with Gasteiger partial charge in [-0.1, -0.05) is 13.8 Å². The van der Waals surface area contributed by atoms with Gasteiger partial charge in [-0.3, -0.25) is 4.79 Å². The number of nitrogens with zero attached hydrogens (tertiary/aromatic N) is 1. The van der Waals surface area contributed by atoms with Crippen LogP contribution in [0.4, 0.5) is 14.5 Å². The first kappa shape index (κ1) is 14.4. The minimum absolute atomic E-state index is 0.225. The highest BCUT2D eigenvalue weighted by molar-refractivity contribution is 5.95. The molecule has 1 aromatic rings. The van der Waals surface area contributed by atoms with E-state index < -0.39 is 23.1 Å². The van der Waals surface area contributed by atoms with Crippen molar-refractivity contribution in [2.75, 3.05) is 19.3 Å². The second-order valence-electron chi connectivity index (χ2n) is 4.73. The number of anilines is 1. The summed E-state index contributed by atoms with van der Waals surface area (Å²) in [5.74, 6) is -2.15. The van der Waals surface area contributed by atoms with Gasteiger partial charge in [-0.15, -0.1) is 0 Å². The largest absolute Gasteiger partial charge is 0.396 e. The first-order valence-electron chi connectivity index (χ1n) is 5.83. The van der Waals surface area contributed by atoms with Crippen LogP contribution in [0.5, 0.6) is 0 Å². The van der Waals surface area contributed by atoms with Gasteiger partial charge in [-0.25, -0.2) is 8.78 Å². The third kappa shape index (κ3) is 3.18. The van der Waals surface area contributed by atoms with E-state index in [2.05, 4.69) is 0 Å². The van der Waals surface area contributed by atoms with Gasteiger partial charge in [0.1, 0.15) is 11.4 Å². The Hall–Kier alpha value is -1.65. The molecule has 0 saturated carbocycles. The summed E-state index contributed by atoms with van der Waals surface area (Å²) in [6, 6.07) is 2.11. The van der Waals surface area contributed by atoms with Crippen LogP contribution in [0.1, 0.15) is 30.6 Å². The van der Waals surface area contributed by atoms with Crippen molar-refractivity contribution in [2.24, 2.45) is 5.92 Å². The zero-order chi connectivity index (χ0) is 13.9. The Kier molecular flexibility index (Phi) is 4.64. The summed E-state index contributed by atoms with van der Waals surface area (Å²) in [6.07, 6.45) is 0.772. The van der Waals surface area contributed by atoms with Crippen LogP contribution in [-0.4, -0.2) is 24.4 Å². The molecule has 0 bridgehead atoms. The molecule has 0 fully saturated rings. The third-order valence-corrected chi connectivity index (χ3v) is 2.72. The van der Waals surface area contributed by atoms with Crippen molar-refractivity contribution in [1.29, 1.82) is 0 Å². The molecular weight excluding hydrogens is 238 g/mol. The predicted molar refractivity (Wildman–Crippen MR) is 67.2 cm³/mol. The normalized spacial score (nSPS) is 10.8. The van der Waals surface area contributed by atoms with Gasteiger partial charge < -0.3 is 10.6 Å². The molecule has 0 radical (unpaired) electrons. The Labute approximate surface area is 106 Å².